The summed E-state index contributed by atoms with van der Waals surface area (Å²) in [4.78, 5) is 0. The van der Waals surface area contributed by atoms with Gasteiger partial charge in [-0.15, -0.1) is 0 Å². The van der Waals surface area contributed by atoms with Gasteiger partial charge < -0.3 is 10.2 Å². The van der Waals surface area contributed by atoms with Crippen LogP contribution < -0.4 is 9.15 Å². The van der Waals surface area contributed by atoms with E-state index in [2.05, 4.69) is 12.0 Å². The summed E-state index contributed by atoms with van der Waals surface area (Å²) in [7, 11) is 0. The zero-order chi connectivity index (χ0) is 26.9. The van der Waals surface area contributed by atoms with Gasteiger partial charge in [0.1, 0.15) is 0 Å². The maximum absolute atomic E-state index is 10.3. The van der Waals surface area contributed by atoms with Crippen molar-refractivity contribution in [2.75, 3.05) is 0 Å². The second-order valence-electron chi connectivity index (χ2n) is 10.2. The SMILES string of the molecule is CC(C)(O)[N+]1=C=[N+](c2ccccc2)c2ccccc21.CC(C)(O)[N+]1=C=[N+](c2ccccc2)c2ccccc21.[Pt]. The quantitative estimate of drug-likeness (QED) is 0.251. The molecule has 0 atom stereocenters. The van der Waals surface area contributed by atoms with Crippen molar-refractivity contribution in [2.24, 2.45) is 0 Å². The first-order valence-electron chi connectivity index (χ1n) is 12.6. The van der Waals surface area contributed by atoms with E-state index in [1.165, 1.54) is 0 Å². The van der Waals surface area contributed by atoms with Crippen LogP contribution in [0, 0.1) is 0 Å². The van der Waals surface area contributed by atoms with Crippen LogP contribution in [0.4, 0.5) is 34.1 Å². The van der Waals surface area contributed by atoms with Crippen molar-refractivity contribution in [3.05, 3.63) is 109 Å². The maximum Gasteiger partial charge on any atom is 0.499 e. The largest absolute Gasteiger partial charge is 0.499 e. The van der Waals surface area contributed by atoms with Gasteiger partial charge in [-0.1, -0.05) is 69.8 Å². The Balaban J connectivity index is 0.000000176. The predicted molar refractivity (Wildman–Crippen MR) is 151 cm³/mol. The Hall–Kier alpha value is -3.75. The van der Waals surface area contributed by atoms with Crippen molar-refractivity contribution in [1.82, 2.24) is 9.15 Å². The number of hydrogen-bond donors (Lipinski definition) is 2. The van der Waals surface area contributed by atoms with Gasteiger partial charge in [-0.05, 0) is 9.15 Å². The summed E-state index contributed by atoms with van der Waals surface area (Å²) >= 11 is 0. The Kier molecular flexibility index (Phi) is 8.09. The van der Waals surface area contributed by atoms with Crippen molar-refractivity contribution >= 4 is 46.1 Å². The Morgan fingerprint density at radius 3 is 1.05 bits per heavy atom. The molecule has 2 aliphatic rings. The second kappa shape index (κ2) is 11.2. The van der Waals surface area contributed by atoms with E-state index in [9.17, 15) is 10.2 Å². The minimum Gasteiger partial charge on any atom is -0.334 e. The number of benzene rings is 4. The summed E-state index contributed by atoms with van der Waals surface area (Å²) < 4.78 is 7.45. The van der Waals surface area contributed by atoms with E-state index in [0.717, 1.165) is 34.1 Å². The van der Waals surface area contributed by atoms with Crippen LogP contribution in [0.25, 0.3) is 0 Å². The average Bonchev–Trinajstić information content (AvgIpc) is 3.50. The number of rotatable bonds is 4. The first-order valence-corrected chi connectivity index (χ1v) is 12.6. The Morgan fingerprint density at radius 1 is 0.462 bits per heavy atom. The minimum absolute atomic E-state index is 0. The minimum atomic E-state index is -0.986. The molecule has 0 unspecified atom stereocenters. The monoisotopic (exact) mass is 699 g/mol. The molecule has 6 nitrogen and oxygen atoms in total. The van der Waals surface area contributed by atoms with Crippen molar-refractivity contribution < 1.29 is 40.4 Å². The molecule has 0 saturated carbocycles. The normalized spacial score (nSPS) is 13.5. The summed E-state index contributed by atoms with van der Waals surface area (Å²) in [5.41, 5.74) is 4.05. The van der Waals surface area contributed by atoms with Crippen molar-refractivity contribution in [1.29, 1.82) is 0 Å². The smallest absolute Gasteiger partial charge is 0.334 e. The van der Waals surface area contributed by atoms with Crippen LogP contribution in [0.3, 0.4) is 0 Å². The molecule has 6 rings (SSSR count). The third-order valence-electron chi connectivity index (χ3n) is 6.25. The van der Waals surface area contributed by atoms with Gasteiger partial charge in [0, 0.05) is 97.3 Å². The Labute approximate surface area is 243 Å². The van der Waals surface area contributed by atoms with Gasteiger partial charge in [-0.25, -0.2) is 0 Å². The first-order chi connectivity index (χ1) is 18.1. The number of aliphatic hydroxyl groups is 2. The molecule has 0 aromatic heterocycles. The van der Waals surface area contributed by atoms with Crippen LogP contribution >= 0.6 is 0 Å². The summed E-state index contributed by atoms with van der Waals surface area (Å²) in [6.07, 6.45) is 0. The summed E-state index contributed by atoms with van der Waals surface area (Å²) in [5, 5.41) is 20.5. The topological polar surface area (TPSA) is 52.5 Å². The standard InChI is InChI=1S/2C16H16N2O.Pt/c2*1-16(2,19)18-12-17(13-8-4-3-5-9-13)14-10-6-7-11-15(14)18;/h2*3-11,19H,1-2H3;/q2*+2;. The van der Waals surface area contributed by atoms with Crippen LogP contribution in [0.1, 0.15) is 27.7 Å². The van der Waals surface area contributed by atoms with Crippen LogP contribution in [0.15, 0.2) is 109 Å². The van der Waals surface area contributed by atoms with E-state index < -0.39 is 11.4 Å². The summed E-state index contributed by atoms with van der Waals surface area (Å²) in [5.74, 6) is 0. The number of fused-ring (bicyclic) bond motifs is 2. The van der Waals surface area contributed by atoms with E-state index in [-0.39, 0.29) is 21.1 Å². The summed E-state index contributed by atoms with van der Waals surface area (Å²) in [6, 6.07) is 42.5. The van der Waals surface area contributed by atoms with Crippen LogP contribution in [0.5, 0.6) is 0 Å². The molecule has 4 aromatic rings. The Bertz CT molecular complexity index is 1510. The fraction of sp³-hybridized carbons (Fsp3) is 0.188. The van der Waals surface area contributed by atoms with E-state index in [0.29, 0.717) is 0 Å². The molecule has 2 heterocycles. The molecule has 0 radical (unpaired) electrons. The molecule has 0 amide bonds. The third-order valence-corrected chi connectivity index (χ3v) is 6.25. The van der Waals surface area contributed by atoms with E-state index >= 15 is 0 Å². The molecule has 4 aromatic carbocycles. The molecule has 0 bridgehead atoms. The fourth-order valence-corrected chi connectivity index (χ4v) is 4.48. The zero-order valence-electron chi connectivity index (χ0n) is 22.4. The van der Waals surface area contributed by atoms with Gasteiger partial charge >= 0.3 is 12.0 Å². The van der Waals surface area contributed by atoms with Crippen LogP contribution in [0.2, 0.25) is 0 Å². The molecule has 0 saturated heterocycles. The van der Waals surface area contributed by atoms with Gasteiger partial charge in [-0.2, -0.15) is 0 Å². The third kappa shape index (κ3) is 5.82. The molecular weight excluding hydrogens is 667 g/mol. The van der Waals surface area contributed by atoms with Crippen molar-refractivity contribution in [3.63, 3.8) is 0 Å². The van der Waals surface area contributed by atoms with Gasteiger partial charge in [0.05, 0.1) is 0 Å². The molecular formula is C32H32N4O2Pt+4. The fourth-order valence-electron chi connectivity index (χ4n) is 4.48. The van der Waals surface area contributed by atoms with E-state index in [4.69, 9.17) is 0 Å². The molecule has 198 valence electrons. The average molecular weight is 700 g/mol. The molecule has 2 N–H and O–H groups in total. The van der Waals surface area contributed by atoms with Gasteiger partial charge in [0.25, 0.3) is 34.2 Å². The number of hydrogen-bond acceptors (Lipinski definition) is 2. The van der Waals surface area contributed by atoms with Gasteiger partial charge in [0.2, 0.25) is 11.4 Å². The zero-order valence-corrected chi connectivity index (χ0v) is 24.7. The van der Waals surface area contributed by atoms with E-state index in [1.807, 2.05) is 118 Å². The van der Waals surface area contributed by atoms with Crippen LogP contribution in [-0.2, 0) is 21.1 Å². The first kappa shape index (κ1) is 28.3. The maximum atomic E-state index is 10.3. The molecule has 0 fully saturated rings. The number of nitrogens with zero attached hydrogens (tertiary/aromatic N) is 4. The summed E-state index contributed by atoms with van der Waals surface area (Å²) in [6.45, 7) is 7.02. The second-order valence-corrected chi connectivity index (χ2v) is 10.2. The van der Waals surface area contributed by atoms with Crippen LogP contribution in [-0.4, -0.2) is 42.8 Å². The molecule has 39 heavy (non-hydrogen) atoms. The van der Waals surface area contributed by atoms with E-state index in [1.54, 1.807) is 36.8 Å². The Morgan fingerprint density at radius 2 is 0.744 bits per heavy atom. The van der Waals surface area contributed by atoms with Gasteiger partial charge in [-0.3, -0.25) is 0 Å². The van der Waals surface area contributed by atoms with Crippen molar-refractivity contribution in [3.8, 4) is 0 Å². The van der Waals surface area contributed by atoms with Gasteiger partial charge in [0.15, 0.2) is 0 Å². The molecule has 2 aliphatic heterocycles. The molecule has 0 spiro atoms. The molecule has 7 heteroatoms. The predicted octanol–water partition coefficient (Wildman–Crippen LogP) is 6.16. The number of para-hydroxylation sites is 6. The molecule has 0 aliphatic carbocycles. The van der Waals surface area contributed by atoms with Crippen molar-refractivity contribution in [2.45, 2.75) is 39.1 Å².